The van der Waals surface area contributed by atoms with Crippen LogP contribution in [0.15, 0.2) is 42.6 Å². The summed E-state index contributed by atoms with van der Waals surface area (Å²) in [6.45, 7) is 0. The minimum atomic E-state index is -4.52. The highest BCUT2D eigenvalue weighted by atomic mass is 19.4. The molecular formula is C19H15F3N4O2. The third-order valence-corrected chi connectivity index (χ3v) is 5.02. The molecule has 2 unspecified atom stereocenters. The summed E-state index contributed by atoms with van der Waals surface area (Å²) in [6.07, 6.45) is -3.59. The van der Waals surface area contributed by atoms with E-state index < -0.39 is 11.9 Å². The first-order valence-electron chi connectivity index (χ1n) is 8.57. The average molecular weight is 388 g/mol. The van der Waals surface area contributed by atoms with Crippen molar-refractivity contribution in [3.8, 4) is 22.7 Å². The first-order chi connectivity index (χ1) is 13.4. The number of pyridine rings is 1. The molecule has 1 fully saturated rings. The number of nitrogens with zero attached hydrogens (tertiary/aromatic N) is 4. The fourth-order valence-electron chi connectivity index (χ4n) is 3.52. The Balaban J connectivity index is 1.67. The summed E-state index contributed by atoms with van der Waals surface area (Å²) in [5.74, 6) is 1.38. The van der Waals surface area contributed by atoms with Gasteiger partial charge in [0, 0.05) is 36.5 Å². The minimum Gasteiger partial charge on any atom is -0.497 e. The van der Waals surface area contributed by atoms with Crippen LogP contribution in [0.5, 0.6) is 5.75 Å². The fraction of sp³-hybridized carbons (Fsp3) is 0.263. The van der Waals surface area contributed by atoms with Gasteiger partial charge in [-0.3, -0.25) is 4.98 Å². The van der Waals surface area contributed by atoms with Gasteiger partial charge in [0.1, 0.15) is 23.4 Å². The van der Waals surface area contributed by atoms with Crippen LogP contribution in [-0.2, 0) is 10.9 Å². The van der Waals surface area contributed by atoms with Gasteiger partial charge in [0.15, 0.2) is 6.23 Å². The summed E-state index contributed by atoms with van der Waals surface area (Å²) >= 11 is 0. The van der Waals surface area contributed by atoms with Crippen molar-refractivity contribution in [2.75, 3.05) is 19.1 Å². The lowest BCUT2D eigenvalue weighted by Crippen LogP contribution is -2.22. The van der Waals surface area contributed by atoms with Gasteiger partial charge >= 0.3 is 6.18 Å². The second-order valence-corrected chi connectivity index (χ2v) is 6.71. The van der Waals surface area contributed by atoms with Crippen molar-refractivity contribution in [1.82, 2.24) is 14.8 Å². The van der Waals surface area contributed by atoms with Crippen molar-refractivity contribution in [3.05, 3.63) is 53.9 Å². The number of halogens is 3. The number of ether oxygens (including phenoxy) is 2. The summed E-state index contributed by atoms with van der Waals surface area (Å²) in [7, 11) is 3.45. The van der Waals surface area contributed by atoms with Gasteiger partial charge in [0.25, 0.3) is 0 Å². The van der Waals surface area contributed by atoms with Crippen molar-refractivity contribution in [3.63, 3.8) is 0 Å². The normalized spacial score (nSPS) is 20.1. The van der Waals surface area contributed by atoms with Crippen LogP contribution >= 0.6 is 0 Å². The fourth-order valence-corrected chi connectivity index (χ4v) is 3.52. The third-order valence-electron chi connectivity index (χ3n) is 5.02. The highest BCUT2D eigenvalue weighted by Crippen LogP contribution is 2.48. The molecule has 28 heavy (non-hydrogen) atoms. The molecule has 2 aromatic heterocycles. The number of hydrogen-bond donors (Lipinski definition) is 0. The first-order valence-corrected chi connectivity index (χ1v) is 8.57. The summed E-state index contributed by atoms with van der Waals surface area (Å²) in [6, 6.07) is 9.90. The lowest BCUT2D eigenvalue weighted by Gasteiger charge is -2.16. The van der Waals surface area contributed by atoms with E-state index in [2.05, 4.69) is 10.1 Å². The molecule has 0 spiro atoms. The molecule has 4 heterocycles. The molecule has 3 aromatic rings. The van der Waals surface area contributed by atoms with Gasteiger partial charge in [0.05, 0.1) is 18.5 Å². The molecule has 1 saturated heterocycles. The Morgan fingerprint density at radius 3 is 2.71 bits per heavy atom. The Labute approximate surface area is 158 Å². The molecule has 2 aliphatic rings. The molecule has 6 nitrogen and oxygen atoms in total. The molecule has 1 aromatic carbocycles. The van der Waals surface area contributed by atoms with Gasteiger partial charge in [0.2, 0.25) is 0 Å². The largest absolute Gasteiger partial charge is 0.497 e. The molecule has 0 amide bonds. The van der Waals surface area contributed by atoms with E-state index >= 15 is 0 Å². The number of anilines is 1. The maximum atomic E-state index is 13.0. The van der Waals surface area contributed by atoms with Gasteiger partial charge in [-0.25, -0.2) is 4.68 Å². The number of benzene rings is 1. The predicted octanol–water partition coefficient (Wildman–Crippen LogP) is 3.81. The summed E-state index contributed by atoms with van der Waals surface area (Å²) in [5, 5.41) is 4.60. The van der Waals surface area contributed by atoms with E-state index in [1.54, 1.807) is 17.9 Å². The predicted molar refractivity (Wildman–Crippen MR) is 94.4 cm³/mol. The topological polar surface area (TPSA) is 55.7 Å². The monoisotopic (exact) mass is 388 g/mol. The molecule has 0 radical (unpaired) electrons. The smallest absolute Gasteiger partial charge is 0.433 e. The van der Waals surface area contributed by atoms with Crippen molar-refractivity contribution >= 4 is 5.82 Å². The maximum absolute atomic E-state index is 13.0. The Kier molecular flexibility index (Phi) is 3.48. The van der Waals surface area contributed by atoms with E-state index in [-0.39, 0.29) is 12.3 Å². The number of hydrogen-bond acceptors (Lipinski definition) is 5. The molecule has 9 heteroatoms. The first kappa shape index (κ1) is 17.1. The number of fused-ring (bicyclic) bond motifs is 5. The van der Waals surface area contributed by atoms with Gasteiger partial charge in [-0.2, -0.15) is 18.3 Å². The molecule has 0 N–H and O–H groups in total. The molecule has 2 aliphatic heterocycles. The number of aromatic nitrogens is 3. The lowest BCUT2D eigenvalue weighted by atomic mass is 10.1. The molecule has 0 aliphatic carbocycles. The van der Waals surface area contributed by atoms with Gasteiger partial charge in [-0.15, -0.1) is 0 Å². The third kappa shape index (κ3) is 2.54. The van der Waals surface area contributed by atoms with Crippen molar-refractivity contribution in [2.45, 2.75) is 18.5 Å². The number of rotatable bonds is 2. The maximum Gasteiger partial charge on any atom is 0.433 e. The second-order valence-electron chi connectivity index (χ2n) is 6.71. The van der Waals surface area contributed by atoms with E-state index in [4.69, 9.17) is 9.47 Å². The van der Waals surface area contributed by atoms with E-state index in [1.165, 1.54) is 6.07 Å². The number of alkyl halides is 3. The molecule has 5 rings (SSSR count). The van der Waals surface area contributed by atoms with Crippen LogP contribution in [0.4, 0.5) is 19.0 Å². The lowest BCUT2D eigenvalue weighted by molar-refractivity contribution is -0.141. The van der Waals surface area contributed by atoms with E-state index in [1.807, 2.05) is 30.1 Å². The van der Waals surface area contributed by atoms with Crippen LogP contribution in [0.1, 0.15) is 17.4 Å². The molecule has 144 valence electrons. The van der Waals surface area contributed by atoms with Crippen molar-refractivity contribution < 1.29 is 22.6 Å². The van der Waals surface area contributed by atoms with Crippen LogP contribution < -0.4 is 9.64 Å². The quantitative estimate of drug-likeness (QED) is 0.625. The van der Waals surface area contributed by atoms with E-state index in [0.717, 1.165) is 29.3 Å². The molecular weight excluding hydrogens is 373 g/mol. The number of epoxide rings is 1. The zero-order valence-electron chi connectivity index (χ0n) is 14.9. The highest BCUT2D eigenvalue weighted by Gasteiger charge is 2.48. The van der Waals surface area contributed by atoms with E-state index in [0.29, 0.717) is 17.0 Å². The molecule has 0 saturated carbocycles. The average Bonchev–Trinajstić information content (AvgIpc) is 3.37. The van der Waals surface area contributed by atoms with Gasteiger partial charge in [-0.05, 0) is 18.2 Å². The van der Waals surface area contributed by atoms with Gasteiger partial charge in [-0.1, -0.05) is 6.07 Å². The Hall–Kier alpha value is -3.07. The second kappa shape index (κ2) is 5.71. The Bertz CT molecular complexity index is 1080. The summed E-state index contributed by atoms with van der Waals surface area (Å²) < 4.78 is 51.9. The molecule has 2 atom stereocenters. The van der Waals surface area contributed by atoms with Gasteiger partial charge < -0.3 is 14.4 Å². The summed E-state index contributed by atoms with van der Waals surface area (Å²) in [5.41, 5.74) is 1.55. The number of methoxy groups -OCH3 is 1. The minimum absolute atomic E-state index is 0.0752. The Morgan fingerprint density at radius 1 is 1.14 bits per heavy atom. The zero-order chi connectivity index (χ0) is 19.6. The molecule has 0 bridgehead atoms. The van der Waals surface area contributed by atoms with Crippen LogP contribution in [0.2, 0.25) is 0 Å². The van der Waals surface area contributed by atoms with E-state index in [9.17, 15) is 13.2 Å². The number of likely N-dealkylation sites (N-methyl/N-ethyl adjacent to an activating group) is 1. The zero-order valence-corrected chi connectivity index (χ0v) is 14.9. The standard InChI is InChI=1S/C19H15F3N4O2/c1-25-16-9-13(10-5-6-23-15(7-10)19(20,21)22)24-26(16)14-8-11(27-2)3-4-12(14)17-18(25)28-17/h3-9,17-18H,1-2H3. The highest BCUT2D eigenvalue weighted by molar-refractivity contribution is 5.68. The summed E-state index contributed by atoms with van der Waals surface area (Å²) in [4.78, 5) is 5.35. The van der Waals surface area contributed by atoms with Crippen LogP contribution in [-0.4, -0.2) is 35.1 Å². The Morgan fingerprint density at radius 2 is 1.96 bits per heavy atom. The van der Waals surface area contributed by atoms with Crippen molar-refractivity contribution in [2.24, 2.45) is 0 Å². The van der Waals surface area contributed by atoms with Crippen LogP contribution in [0.3, 0.4) is 0 Å². The SMILES string of the molecule is COc1ccc2c(c1)-n1nc(-c3ccnc(C(F)(F)F)c3)cc1N(C)C1OC21. The van der Waals surface area contributed by atoms with Crippen LogP contribution in [0, 0.1) is 0 Å². The van der Waals surface area contributed by atoms with Crippen molar-refractivity contribution in [1.29, 1.82) is 0 Å². The van der Waals surface area contributed by atoms with Crippen LogP contribution in [0.25, 0.3) is 16.9 Å².